The summed E-state index contributed by atoms with van der Waals surface area (Å²) in [5.41, 5.74) is 2.01. The summed E-state index contributed by atoms with van der Waals surface area (Å²) in [6, 6.07) is 9.69. The van der Waals surface area contributed by atoms with Crippen LogP contribution in [0.4, 0.5) is 5.82 Å². The minimum absolute atomic E-state index is 0.391. The molecule has 0 aliphatic carbocycles. The average molecular weight is 273 g/mol. The van der Waals surface area contributed by atoms with Crippen LogP contribution in [-0.4, -0.2) is 24.1 Å². The van der Waals surface area contributed by atoms with Gasteiger partial charge in [-0.2, -0.15) is 0 Å². The maximum Gasteiger partial charge on any atom is 0.156 e. The molecule has 0 amide bonds. The third-order valence-electron chi connectivity index (χ3n) is 2.82. The Balaban J connectivity index is 1.90. The molecular formula is C15H19N3O2. The SMILES string of the molecule is CNc1cc(C)nc(COCc2ccc(OC)cc2)n1. The Hall–Kier alpha value is -2.14. The molecule has 0 saturated carbocycles. The van der Waals surface area contributed by atoms with E-state index in [0.29, 0.717) is 19.0 Å². The van der Waals surface area contributed by atoms with Gasteiger partial charge >= 0.3 is 0 Å². The van der Waals surface area contributed by atoms with Gasteiger partial charge in [0.25, 0.3) is 0 Å². The highest BCUT2D eigenvalue weighted by Gasteiger charge is 2.02. The summed E-state index contributed by atoms with van der Waals surface area (Å²) in [6.45, 7) is 2.86. The Morgan fingerprint density at radius 3 is 2.50 bits per heavy atom. The number of methoxy groups -OCH3 is 1. The molecule has 20 heavy (non-hydrogen) atoms. The van der Waals surface area contributed by atoms with E-state index < -0.39 is 0 Å². The molecule has 2 aromatic rings. The van der Waals surface area contributed by atoms with E-state index in [1.807, 2.05) is 44.3 Å². The first-order valence-corrected chi connectivity index (χ1v) is 6.44. The predicted octanol–water partition coefficient (Wildman–Crippen LogP) is 2.55. The lowest BCUT2D eigenvalue weighted by atomic mass is 10.2. The van der Waals surface area contributed by atoms with Crippen molar-refractivity contribution in [3.63, 3.8) is 0 Å². The molecule has 5 nitrogen and oxygen atoms in total. The van der Waals surface area contributed by atoms with Crippen LogP contribution in [0.5, 0.6) is 5.75 Å². The number of nitrogens with one attached hydrogen (secondary N) is 1. The van der Waals surface area contributed by atoms with Crippen molar-refractivity contribution in [1.29, 1.82) is 0 Å². The topological polar surface area (TPSA) is 56.3 Å². The Kier molecular flexibility index (Phi) is 4.90. The highest BCUT2D eigenvalue weighted by molar-refractivity contribution is 5.34. The van der Waals surface area contributed by atoms with E-state index in [-0.39, 0.29) is 0 Å². The van der Waals surface area contributed by atoms with Crippen molar-refractivity contribution >= 4 is 5.82 Å². The highest BCUT2D eigenvalue weighted by atomic mass is 16.5. The van der Waals surface area contributed by atoms with Gasteiger partial charge in [-0.25, -0.2) is 9.97 Å². The minimum Gasteiger partial charge on any atom is -0.497 e. The van der Waals surface area contributed by atoms with Crippen LogP contribution >= 0.6 is 0 Å². The third kappa shape index (κ3) is 3.93. The van der Waals surface area contributed by atoms with Gasteiger partial charge in [-0.1, -0.05) is 12.1 Å². The summed E-state index contributed by atoms with van der Waals surface area (Å²) >= 11 is 0. The molecule has 0 bridgehead atoms. The molecule has 0 fully saturated rings. The van der Waals surface area contributed by atoms with Gasteiger partial charge in [0.15, 0.2) is 5.82 Å². The summed E-state index contributed by atoms with van der Waals surface area (Å²) in [5, 5.41) is 3.01. The van der Waals surface area contributed by atoms with Gasteiger partial charge in [0.1, 0.15) is 18.2 Å². The van der Waals surface area contributed by atoms with Crippen LogP contribution in [0.15, 0.2) is 30.3 Å². The third-order valence-corrected chi connectivity index (χ3v) is 2.82. The summed E-state index contributed by atoms with van der Waals surface area (Å²) < 4.78 is 10.8. The van der Waals surface area contributed by atoms with Crippen LogP contribution in [0.1, 0.15) is 17.1 Å². The molecule has 0 saturated heterocycles. The quantitative estimate of drug-likeness (QED) is 0.876. The van der Waals surface area contributed by atoms with Gasteiger partial charge in [0.05, 0.1) is 13.7 Å². The van der Waals surface area contributed by atoms with Crippen molar-refractivity contribution in [2.75, 3.05) is 19.5 Å². The van der Waals surface area contributed by atoms with E-state index in [4.69, 9.17) is 9.47 Å². The molecule has 1 aromatic heterocycles. The van der Waals surface area contributed by atoms with Crippen LogP contribution in [0, 0.1) is 6.92 Å². The largest absolute Gasteiger partial charge is 0.497 e. The lowest BCUT2D eigenvalue weighted by molar-refractivity contribution is 0.102. The van der Waals surface area contributed by atoms with E-state index in [1.165, 1.54) is 0 Å². The average Bonchev–Trinajstić information content (AvgIpc) is 2.47. The van der Waals surface area contributed by atoms with Crippen molar-refractivity contribution in [3.8, 4) is 5.75 Å². The molecular weight excluding hydrogens is 254 g/mol. The number of ether oxygens (including phenoxy) is 2. The van der Waals surface area contributed by atoms with Gasteiger partial charge < -0.3 is 14.8 Å². The molecule has 5 heteroatoms. The zero-order valence-corrected chi connectivity index (χ0v) is 12.0. The second kappa shape index (κ2) is 6.86. The highest BCUT2D eigenvalue weighted by Crippen LogP contribution is 2.12. The molecule has 0 atom stereocenters. The van der Waals surface area contributed by atoms with E-state index in [1.54, 1.807) is 7.11 Å². The summed E-state index contributed by atoms with van der Waals surface area (Å²) in [7, 11) is 3.49. The van der Waals surface area contributed by atoms with Crippen molar-refractivity contribution in [3.05, 3.63) is 47.4 Å². The zero-order valence-electron chi connectivity index (χ0n) is 12.0. The lowest BCUT2D eigenvalue weighted by Crippen LogP contribution is -2.04. The second-order valence-electron chi connectivity index (χ2n) is 4.40. The normalized spacial score (nSPS) is 10.3. The molecule has 0 spiro atoms. The predicted molar refractivity (Wildman–Crippen MR) is 77.8 cm³/mol. The fourth-order valence-corrected chi connectivity index (χ4v) is 1.80. The fourth-order valence-electron chi connectivity index (χ4n) is 1.80. The summed E-state index contributed by atoms with van der Waals surface area (Å²) in [4.78, 5) is 8.69. The number of anilines is 1. The molecule has 1 aromatic carbocycles. The maximum absolute atomic E-state index is 5.64. The number of rotatable bonds is 6. The van der Waals surface area contributed by atoms with Crippen LogP contribution in [0.2, 0.25) is 0 Å². The first kappa shape index (κ1) is 14.3. The van der Waals surface area contributed by atoms with Gasteiger partial charge in [-0.15, -0.1) is 0 Å². The number of hydrogen-bond donors (Lipinski definition) is 1. The molecule has 0 aliphatic heterocycles. The van der Waals surface area contributed by atoms with Crippen LogP contribution in [-0.2, 0) is 18.0 Å². The fraction of sp³-hybridized carbons (Fsp3) is 0.333. The zero-order chi connectivity index (χ0) is 14.4. The monoisotopic (exact) mass is 273 g/mol. The van der Waals surface area contributed by atoms with E-state index in [2.05, 4.69) is 15.3 Å². The molecule has 1 heterocycles. The first-order valence-electron chi connectivity index (χ1n) is 6.44. The Morgan fingerprint density at radius 2 is 1.85 bits per heavy atom. The van der Waals surface area contributed by atoms with Crippen LogP contribution in [0.3, 0.4) is 0 Å². The minimum atomic E-state index is 0.391. The number of aromatic nitrogens is 2. The summed E-state index contributed by atoms with van der Waals surface area (Å²) in [6.07, 6.45) is 0. The van der Waals surface area contributed by atoms with Gasteiger partial charge in [0.2, 0.25) is 0 Å². The Labute approximate surface area is 119 Å². The van der Waals surface area contributed by atoms with Crippen LogP contribution in [0.25, 0.3) is 0 Å². The molecule has 2 rings (SSSR count). The molecule has 0 unspecified atom stereocenters. The van der Waals surface area contributed by atoms with Crippen molar-refractivity contribution < 1.29 is 9.47 Å². The number of hydrogen-bond acceptors (Lipinski definition) is 5. The van der Waals surface area contributed by atoms with Gasteiger partial charge in [-0.3, -0.25) is 0 Å². The van der Waals surface area contributed by atoms with Gasteiger partial charge in [0, 0.05) is 18.8 Å². The van der Waals surface area contributed by atoms with E-state index in [9.17, 15) is 0 Å². The van der Waals surface area contributed by atoms with Crippen molar-refractivity contribution in [1.82, 2.24) is 9.97 Å². The van der Waals surface area contributed by atoms with Crippen molar-refractivity contribution in [2.45, 2.75) is 20.1 Å². The lowest BCUT2D eigenvalue weighted by Gasteiger charge is -2.07. The maximum atomic E-state index is 5.64. The van der Waals surface area contributed by atoms with Gasteiger partial charge in [-0.05, 0) is 24.6 Å². The standard InChI is InChI=1S/C15H19N3O2/c1-11-8-14(16-2)18-15(17-11)10-20-9-12-4-6-13(19-3)7-5-12/h4-8H,9-10H2,1-3H3,(H,16,17,18). The number of nitrogens with zero attached hydrogens (tertiary/aromatic N) is 2. The number of benzene rings is 1. The molecule has 0 radical (unpaired) electrons. The van der Waals surface area contributed by atoms with Crippen molar-refractivity contribution in [2.24, 2.45) is 0 Å². The van der Waals surface area contributed by atoms with Crippen LogP contribution < -0.4 is 10.1 Å². The Morgan fingerprint density at radius 1 is 1.10 bits per heavy atom. The number of aryl methyl sites for hydroxylation is 1. The first-order chi connectivity index (χ1) is 9.71. The second-order valence-corrected chi connectivity index (χ2v) is 4.40. The Bertz CT molecular complexity index is 556. The van der Waals surface area contributed by atoms with E-state index >= 15 is 0 Å². The molecule has 0 aliphatic rings. The smallest absolute Gasteiger partial charge is 0.156 e. The summed E-state index contributed by atoms with van der Waals surface area (Å²) in [5.74, 6) is 2.33. The van der Waals surface area contributed by atoms with E-state index in [0.717, 1.165) is 22.8 Å². The molecule has 106 valence electrons. The molecule has 1 N–H and O–H groups in total.